The SMILES string of the molecule is CC[C@H]1C/C=C(/C(F)(F)F)C(C)OCO1. The molecule has 0 amide bonds. The van der Waals surface area contributed by atoms with Crippen LogP contribution in [0.5, 0.6) is 0 Å². The third kappa shape index (κ3) is 3.50. The summed E-state index contributed by atoms with van der Waals surface area (Å²) in [5.41, 5.74) is -0.607. The van der Waals surface area contributed by atoms with E-state index in [1.54, 1.807) is 0 Å². The summed E-state index contributed by atoms with van der Waals surface area (Å²) in [5, 5.41) is 0. The fourth-order valence-corrected chi connectivity index (χ4v) is 1.45. The van der Waals surface area contributed by atoms with Crippen molar-refractivity contribution in [2.75, 3.05) is 6.79 Å². The second kappa shape index (κ2) is 4.99. The normalized spacial score (nSPS) is 32.7. The minimum absolute atomic E-state index is 0.0763. The van der Waals surface area contributed by atoms with E-state index in [9.17, 15) is 13.2 Å². The van der Waals surface area contributed by atoms with E-state index in [-0.39, 0.29) is 12.9 Å². The number of alkyl halides is 3. The first-order valence-corrected chi connectivity index (χ1v) is 4.95. The minimum Gasteiger partial charge on any atom is -0.352 e. The van der Waals surface area contributed by atoms with E-state index in [1.165, 1.54) is 13.0 Å². The van der Waals surface area contributed by atoms with Crippen molar-refractivity contribution in [2.45, 2.75) is 45.1 Å². The number of halogens is 3. The van der Waals surface area contributed by atoms with Crippen LogP contribution < -0.4 is 0 Å². The van der Waals surface area contributed by atoms with E-state index in [0.29, 0.717) is 12.8 Å². The van der Waals surface area contributed by atoms with E-state index < -0.39 is 17.9 Å². The van der Waals surface area contributed by atoms with Crippen molar-refractivity contribution in [1.29, 1.82) is 0 Å². The summed E-state index contributed by atoms with van der Waals surface area (Å²) >= 11 is 0. The van der Waals surface area contributed by atoms with Crippen molar-refractivity contribution < 1.29 is 22.6 Å². The zero-order valence-corrected chi connectivity index (χ0v) is 8.80. The van der Waals surface area contributed by atoms with E-state index in [2.05, 4.69) is 0 Å². The zero-order chi connectivity index (χ0) is 11.5. The van der Waals surface area contributed by atoms with Gasteiger partial charge in [-0.1, -0.05) is 13.0 Å². The van der Waals surface area contributed by atoms with Gasteiger partial charge in [-0.3, -0.25) is 0 Å². The van der Waals surface area contributed by atoms with Gasteiger partial charge >= 0.3 is 6.18 Å². The molecule has 15 heavy (non-hydrogen) atoms. The molecule has 1 unspecified atom stereocenters. The lowest BCUT2D eigenvalue weighted by Gasteiger charge is -2.25. The quantitative estimate of drug-likeness (QED) is 0.637. The van der Waals surface area contributed by atoms with Gasteiger partial charge in [-0.25, -0.2) is 0 Å². The molecule has 88 valence electrons. The maximum Gasteiger partial charge on any atom is 0.414 e. The van der Waals surface area contributed by atoms with Crippen LogP contribution in [-0.2, 0) is 9.47 Å². The van der Waals surface area contributed by atoms with Gasteiger partial charge in [0.1, 0.15) is 6.79 Å². The van der Waals surface area contributed by atoms with Crippen molar-refractivity contribution in [3.63, 3.8) is 0 Å². The van der Waals surface area contributed by atoms with Gasteiger partial charge in [-0.2, -0.15) is 13.2 Å². The standard InChI is InChI=1S/C10H15F3O2/c1-3-8-4-5-9(10(11,12)13)7(2)14-6-15-8/h5,7-8H,3-4,6H2,1-2H3/b9-5+/t7?,8-/m0/s1. The molecular weight excluding hydrogens is 209 g/mol. The average Bonchev–Trinajstić information content (AvgIpc) is 2.09. The van der Waals surface area contributed by atoms with Crippen LogP contribution in [0.25, 0.3) is 0 Å². The molecule has 1 aliphatic rings. The van der Waals surface area contributed by atoms with Crippen molar-refractivity contribution in [1.82, 2.24) is 0 Å². The second-order valence-corrected chi connectivity index (χ2v) is 3.52. The summed E-state index contributed by atoms with van der Waals surface area (Å²) in [6.45, 7) is 3.18. The Morgan fingerprint density at radius 3 is 2.60 bits per heavy atom. The molecule has 0 aromatic heterocycles. The molecule has 0 radical (unpaired) electrons. The van der Waals surface area contributed by atoms with Gasteiger partial charge in [-0.15, -0.1) is 0 Å². The second-order valence-electron chi connectivity index (χ2n) is 3.52. The van der Waals surface area contributed by atoms with Crippen molar-refractivity contribution in [3.8, 4) is 0 Å². The summed E-state index contributed by atoms with van der Waals surface area (Å²) in [5.74, 6) is 0. The fraction of sp³-hybridized carbons (Fsp3) is 0.800. The number of rotatable bonds is 1. The fourth-order valence-electron chi connectivity index (χ4n) is 1.45. The van der Waals surface area contributed by atoms with E-state index >= 15 is 0 Å². The van der Waals surface area contributed by atoms with Crippen LogP contribution in [0.1, 0.15) is 26.7 Å². The zero-order valence-electron chi connectivity index (χ0n) is 8.80. The Morgan fingerprint density at radius 1 is 1.40 bits per heavy atom. The highest BCUT2D eigenvalue weighted by molar-refractivity contribution is 5.14. The first-order valence-electron chi connectivity index (χ1n) is 4.95. The van der Waals surface area contributed by atoms with Crippen LogP contribution in [0.2, 0.25) is 0 Å². The summed E-state index contributed by atoms with van der Waals surface area (Å²) in [7, 11) is 0. The van der Waals surface area contributed by atoms with Gasteiger partial charge in [0.15, 0.2) is 0 Å². The first-order chi connectivity index (χ1) is 6.95. The van der Waals surface area contributed by atoms with Gasteiger partial charge in [0, 0.05) is 0 Å². The molecular formula is C10H15F3O2. The molecule has 0 aliphatic carbocycles. The van der Waals surface area contributed by atoms with Crippen LogP contribution in [-0.4, -0.2) is 25.2 Å². The Bertz CT molecular complexity index is 235. The van der Waals surface area contributed by atoms with Crippen molar-refractivity contribution in [3.05, 3.63) is 11.6 Å². The van der Waals surface area contributed by atoms with Crippen LogP contribution in [0.4, 0.5) is 13.2 Å². The van der Waals surface area contributed by atoms with Gasteiger partial charge in [-0.05, 0) is 19.8 Å². The predicted molar refractivity (Wildman–Crippen MR) is 49.3 cm³/mol. The Morgan fingerprint density at radius 2 is 2.07 bits per heavy atom. The molecule has 0 aromatic rings. The monoisotopic (exact) mass is 224 g/mol. The van der Waals surface area contributed by atoms with Crippen LogP contribution >= 0.6 is 0 Å². The highest BCUT2D eigenvalue weighted by Gasteiger charge is 2.38. The lowest BCUT2D eigenvalue weighted by atomic mass is 10.1. The first kappa shape index (κ1) is 12.5. The van der Waals surface area contributed by atoms with Crippen molar-refractivity contribution >= 4 is 0 Å². The van der Waals surface area contributed by atoms with Crippen molar-refractivity contribution in [2.24, 2.45) is 0 Å². The smallest absolute Gasteiger partial charge is 0.352 e. The molecule has 0 spiro atoms. The van der Waals surface area contributed by atoms with Gasteiger partial charge < -0.3 is 9.47 Å². The Labute approximate surface area is 87.1 Å². The van der Waals surface area contributed by atoms with Gasteiger partial charge in [0.2, 0.25) is 0 Å². The Hall–Kier alpha value is -0.550. The van der Waals surface area contributed by atoms with Crippen LogP contribution in [0.3, 0.4) is 0 Å². The molecule has 2 atom stereocenters. The molecule has 0 saturated carbocycles. The summed E-state index contributed by atoms with van der Waals surface area (Å²) in [4.78, 5) is 0. The molecule has 0 bridgehead atoms. The molecule has 0 aromatic carbocycles. The summed E-state index contributed by atoms with van der Waals surface area (Å²) in [6.07, 6.45) is -3.30. The topological polar surface area (TPSA) is 18.5 Å². The highest BCUT2D eigenvalue weighted by atomic mass is 19.4. The van der Waals surface area contributed by atoms with Crippen LogP contribution in [0, 0.1) is 0 Å². The molecule has 5 heteroatoms. The lowest BCUT2D eigenvalue weighted by molar-refractivity contribution is -0.145. The summed E-state index contributed by atoms with van der Waals surface area (Å²) < 4.78 is 47.8. The third-order valence-electron chi connectivity index (χ3n) is 2.44. The molecule has 1 rings (SSSR count). The van der Waals surface area contributed by atoms with E-state index in [4.69, 9.17) is 9.47 Å². The molecule has 0 fully saturated rings. The maximum atomic E-state index is 12.5. The Kier molecular flexibility index (Phi) is 4.16. The highest BCUT2D eigenvalue weighted by Crippen LogP contribution is 2.31. The predicted octanol–water partition coefficient (Wildman–Crippen LogP) is 3.04. The third-order valence-corrected chi connectivity index (χ3v) is 2.44. The average molecular weight is 224 g/mol. The van der Waals surface area contributed by atoms with E-state index in [0.717, 1.165) is 0 Å². The molecule has 1 aliphatic heterocycles. The largest absolute Gasteiger partial charge is 0.414 e. The maximum absolute atomic E-state index is 12.5. The number of hydrogen-bond donors (Lipinski definition) is 0. The molecule has 2 nitrogen and oxygen atoms in total. The number of ether oxygens (including phenoxy) is 2. The molecule has 1 heterocycles. The molecule has 0 N–H and O–H groups in total. The number of hydrogen-bond acceptors (Lipinski definition) is 2. The lowest BCUT2D eigenvalue weighted by Crippen LogP contribution is -2.29. The van der Waals surface area contributed by atoms with Crippen LogP contribution in [0.15, 0.2) is 11.6 Å². The Balaban J connectivity index is 2.80. The van der Waals surface area contributed by atoms with Gasteiger partial charge in [0.25, 0.3) is 0 Å². The minimum atomic E-state index is -4.31. The van der Waals surface area contributed by atoms with Gasteiger partial charge in [0.05, 0.1) is 17.8 Å². The molecule has 0 saturated heterocycles. The van der Waals surface area contributed by atoms with E-state index in [1.807, 2.05) is 6.92 Å². The summed E-state index contributed by atoms with van der Waals surface area (Å²) in [6, 6.07) is 0.